The maximum Gasteiger partial charge on any atom is 0.320 e. The summed E-state index contributed by atoms with van der Waals surface area (Å²) in [7, 11) is 0. The number of carboxylic acid groups (broad SMARTS) is 1. The average Bonchev–Trinajstić information content (AvgIpc) is 3.11. The summed E-state index contributed by atoms with van der Waals surface area (Å²) in [6, 6.07) is 7.58. The molecule has 4 nitrogen and oxygen atoms in total. The van der Waals surface area contributed by atoms with Crippen LogP contribution in [0.2, 0.25) is 0 Å². The third-order valence-corrected chi connectivity index (χ3v) is 3.74. The monoisotopic (exact) mass is 247 g/mol. The number of benzene rings is 1. The number of aliphatic carboxylic acids is 1. The summed E-state index contributed by atoms with van der Waals surface area (Å²) in [6.07, 6.45) is 2.06. The molecular formula is C14H17NO3. The predicted molar refractivity (Wildman–Crippen MR) is 66.8 cm³/mol. The Morgan fingerprint density at radius 2 is 2.22 bits per heavy atom. The summed E-state index contributed by atoms with van der Waals surface area (Å²) in [5.41, 5.74) is 1.19. The molecule has 0 spiro atoms. The van der Waals surface area contributed by atoms with Crippen molar-refractivity contribution in [1.82, 2.24) is 5.32 Å². The van der Waals surface area contributed by atoms with Gasteiger partial charge in [0.1, 0.15) is 11.8 Å². The van der Waals surface area contributed by atoms with E-state index in [1.54, 1.807) is 0 Å². The molecule has 2 atom stereocenters. The first kappa shape index (κ1) is 11.5. The minimum atomic E-state index is -0.732. The van der Waals surface area contributed by atoms with Crippen molar-refractivity contribution in [3.8, 4) is 5.75 Å². The Hall–Kier alpha value is -1.55. The lowest BCUT2D eigenvalue weighted by atomic mass is 10.0. The zero-order valence-electron chi connectivity index (χ0n) is 10.1. The van der Waals surface area contributed by atoms with Gasteiger partial charge in [-0.3, -0.25) is 4.79 Å². The fourth-order valence-electron chi connectivity index (χ4n) is 2.55. The highest BCUT2D eigenvalue weighted by Gasteiger charge is 2.36. The van der Waals surface area contributed by atoms with Gasteiger partial charge >= 0.3 is 5.97 Å². The molecule has 0 saturated heterocycles. The minimum Gasteiger partial charge on any atom is -0.493 e. The molecule has 2 aliphatic rings. The molecule has 18 heavy (non-hydrogen) atoms. The number of carboxylic acids is 1. The van der Waals surface area contributed by atoms with E-state index in [4.69, 9.17) is 9.84 Å². The molecule has 96 valence electrons. The molecule has 0 amide bonds. The van der Waals surface area contributed by atoms with Crippen LogP contribution in [0.1, 0.15) is 24.3 Å². The van der Waals surface area contributed by atoms with Gasteiger partial charge < -0.3 is 15.2 Å². The summed E-state index contributed by atoms with van der Waals surface area (Å²) in [5, 5.41) is 12.3. The minimum absolute atomic E-state index is 0.266. The number of para-hydroxylation sites is 1. The highest BCUT2D eigenvalue weighted by molar-refractivity contribution is 5.74. The number of hydrogen-bond donors (Lipinski definition) is 2. The Kier molecular flexibility index (Phi) is 2.96. The third-order valence-electron chi connectivity index (χ3n) is 3.74. The van der Waals surface area contributed by atoms with Crippen LogP contribution in [0.5, 0.6) is 5.75 Å². The van der Waals surface area contributed by atoms with Crippen molar-refractivity contribution < 1.29 is 14.6 Å². The van der Waals surface area contributed by atoms with Gasteiger partial charge in [0.25, 0.3) is 0 Å². The quantitative estimate of drug-likeness (QED) is 0.830. The summed E-state index contributed by atoms with van der Waals surface area (Å²) in [5.74, 6) is 0.786. The fraction of sp³-hybridized carbons (Fsp3) is 0.500. The van der Waals surface area contributed by atoms with Gasteiger partial charge in [-0.2, -0.15) is 0 Å². The third kappa shape index (κ3) is 2.20. The molecule has 4 heteroatoms. The van der Waals surface area contributed by atoms with Crippen molar-refractivity contribution in [2.45, 2.75) is 24.8 Å². The molecule has 1 saturated carbocycles. The summed E-state index contributed by atoms with van der Waals surface area (Å²) in [4.78, 5) is 11.1. The zero-order valence-corrected chi connectivity index (χ0v) is 10.1. The second-order valence-electron chi connectivity index (χ2n) is 5.11. The van der Waals surface area contributed by atoms with Crippen LogP contribution in [-0.2, 0) is 4.79 Å². The van der Waals surface area contributed by atoms with E-state index in [1.165, 1.54) is 5.56 Å². The van der Waals surface area contributed by atoms with E-state index in [-0.39, 0.29) is 5.92 Å². The molecule has 3 rings (SSSR count). The molecule has 2 unspecified atom stereocenters. The molecule has 0 aromatic heterocycles. The Bertz CT molecular complexity index is 456. The molecule has 1 aliphatic carbocycles. The molecule has 1 fully saturated rings. The topological polar surface area (TPSA) is 58.6 Å². The maximum absolute atomic E-state index is 11.1. The van der Waals surface area contributed by atoms with E-state index in [1.807, 2.05) is 18.2 Å². The first-order valence-corrected chi connectivity index (χ1v) is 6.43. The van der Waals surface area contributed by atoms with Crippen molar-refractivity contribution >= 4 is 5.97 Å². The van der Waals surface area contributed by atoms with E-state index in [0.29, 0.717) is 19.1 Å². The Labute approximate surface area is 106 Å². The van der Waals surface area contributed by atoms with Gasteiger partial charge in [-0.1, -0.05) is 18.2 Å². The molecule has 2 N–H and O–H groups in total. The van der Waals surface area contributed by atoms with Crippen molar-refractivity contribution in [1.29, 1.82) is 0 Å². The van der Waals surface area contributed by atoms with Gasteiger partial charge in [0.2, 0.25) is 0 Å². The lowest BCUT2D eigenvalue weighted by Gasteiger charge is -2.16. The van der Waals surface area contributed by atoms with Crippen LogP contribution in [0.15, 0.2) is 24.3 Å². The number of rotatable bonds is 5. The Morgan fingerprint density at radius 1 is 1.44 bits per heavy atom. The van der Waals surface area contributed by atoms with Crippen LogP contribution >= 0.6 is 0 Å². The number of carbonyl (C=O) groups is 1. The molecule has 0 bridgehead atoms. The highest BCUT2D eigenvalue weighted by Crippen LogP contribution is 2.35. The van der Waals surface area contributed by atoms with Gasteiger partial charge in [0.15, 0.2) is 0 Å². The lowest BCUT2D eigenvalue weighted by molar-refractivity contribution is -0.140. The van der Waals surface area contributed by atoms with E-state index in [9.17, 15) is 4.79 Å². The largest absolute Gasteiger partial charge is 0.493 e. The van der Waals surface area contributed by atoms with E-state index in [2.05, 4.69) is 11.4 Å². The molecule has 1 aromatic rings. The first-order chi connectivity index (χ1) is 8.75. The van der Waals surface area contributed by atoms with Gasteiger partial charge in [0, 0.05) is 18.0 Å². The van der Waals surface area contributed by atoms with Gasteiger partial charge in [-0.25, -0.2) is 0 Å². The lowest BCUT2D eigenvalue weighted by Crippen LogP contribution is -2.40. The van der Waals surface area contributed by atoms with Crippen LogP contribution in [0.25, 0.3) is 0 Å². The molecular weight excluding hydrogens is 230 g/mol. The van der Waals surface area contributed by atoms with E-state index < -0.39 is 12.0 Å². The maximum atomic E-state index is 11.1. The summed E-state index contributed by atoms with van der Waals surface area (Å²) < 4.78 is 5.59. The van der Waals surface area contributed by atoms with Gasteiger partial charge in [-0.05, 0) is 24.8 Å². The molecule has 0 radical (unpaired) electrons. The smallest absolute Gasteiger partial charge is 0.320 e. The van der Waals surface area contributed by atoms with Gasteiger partial charge in [-0.15, -0.1) is 0 Å². The SMILES string of the molecule is O=C(O)C(NCC1COc2ccccc21)C1CC1. The van der Waals surface area contributed by atoms with Crippen LogP contribution in [-0.4, -0.2) is 30.3 Å². The van der Waals surface area contributed by atoms with Crippen LogP contribution in [0.4, 0.5) is 0 Å². The predicted octanol–water partition coefficient (Wildman–Crippen LogP) is 1.62. The van der Waals surface area contributed by atoms with Crippen LogP contribution in [0, 0.1) is 5.92 Å². The Balaban J connectivity index is 1.62. The van der Waals surface area contributed by atoms with Crippen LogP contribution in [0.3, 0.4) is 0 Å². The standard InChI is InChI=1S/C14H17NO3/c16-14(17)13(9-5-6-9)15-7-10-8-18-12-4-2-1-3-11(10)12/h1-4,9-10,13,15H,5-8H2,(H,16,17). The average molecular weight is 247 g/mol. The van der Waals surface area contributed by atoms with E-state index in [0.717, 1.165) is 18.6 Å². The molecule has 1 aliphatic heterocycles. The van der Waals surface area contributed by atoms with Gasteiger partial charge in [0.05, 0.1) is 6.61 Å². The van der Waals surface area contributed by atoms with E-state index >= 15 is 0 Å². The number of ether oxygens (including phenoxy) is 1. The summed E-state index contributed by atoms with van der Waals surface area (Å²) >= 11 is 0. The second-order valence-corrected chi connectivity index (χ2v) is 5.11. The zero-order chi connectivity index (χ0) is 12.5. The molecule has 1 aromatic carbocycles. The fourth-order valence-corrected chi connectivity index (χ4v) is 2.55. The Morgan fingerprint density at radius 3 is 2.94 bits per heavy atom. The highest BCUT2D eigenvalue weighted by atomic mass is 16.5. The van der Waals surface area contributed by atoms with Crippen molar-refractivity contribution in [2.75, 3.05) is 13.2 Å². The summed E-state index contributed by atoms with van der Waals surface area (Å²) in [6.45, 7) is 1.31. The van der Waals surface area contributed by atoms with Crippen LogP contribution < -0.4 is 10.1 Å². The number of nitrogens with one attached hydrogen (secondary N) is 1. The first-order valence-electron chi connectivity index (χ1n) is 6.43. The number of hydrogen-bond acceptors (Lipinski definition) is 3. The van der Waals surface area contributed by atoms with Crippen molar-refractivity contribution in [3.05, 3.63) is 29.8 Å². The molecule has 1 heterocycles. The second kappa shape index (κ2) is 4.61. The van der Waals surface area contributed by atoms with Crippen molar-refractivity contribution in [3.63, 3.8) is 0 Å². The van der Waals surface area contributed by atoms with Crippen molar-refractivity contribution in [2.24, 2.45) is 5.92 Å². The normalized spacial score (nSPS) is 23.2. The number of fused-ring (bicyclic) bond motifs is 1.